The first-order valence-electron chi connectivity index (χ1n) is 7.13. The number of nitrogens with zero attached hydrogens (tertiary/aromatic N) is 1. The van der Waals surface area contributed by atoms with Gasteiger partial charge < -0.3 is 14.2 Å². The van der Waals surface area contributed by atoms with E-state index in [9.17, 15) is 16.8 Å². The van der Waals surface area contributed by atoms with E-state index in [1.807, 2.05) is 13.8 Å². The van der Waals surface area contributed by atoms with Crippen molar-refractivity contribution < 1.29 is 31.0 Å². The van der Waals surface area contributed by atoms with Gasteiger partial charge in [0, 0.05) is 11.6 Å². The molecule has 2 aliphatic heterocycles. The van der Waals surface area contributed by atoms with Gasteiger partial charge in [-0.05, 0) is 19.9 Å². The zero-order valence-electron chi connectivity index (χ0n) is 13.9. The van der Waals surface area contributed by atoms with Crippen LogP contribution < -0.4 is 13.2 Å². The van der Waals surface area contributed by atoms with Gasteiger partial charge in [0.25, 0.3) is 0 Å². The number of ether oxygens (including phenoxy) is 3. The molecule has 0 amide bonds. The maximum atomic E-state index is 12.0. The number of rotatable bonds is 4. The van der Waals surface area contributed by atoms with E-state index in [4.69, 9.17) is 14.2 Å². The van der Waals surface area contributed by atoms with Gasteiger partial charge in [-0.15, -0.1) is 0 Å². The Bertz CT molecular complexity index is 873. The minimum atomic E-state index is -4.09. The molecular weight excluding hydrogens is 358 g/mol. The molecule has 1 saturated heterocycles. The summed E-state index contributed by atoms with van der Waals surface area (Å²) >= 11 is 0. The van der Waals surface area contributed by atoms with Crippen molar-refractivity contribution in [1.82, 2.24) is 0 Å². The molecule has 134 valence electrons. The third kappa shape index (κ3) is 2.72. The Morgan fingerprint density at radius 2 is 1.71 bits per heavy atom. The van der Waals surface area contributed by atoms with Crippen molar-refractivity contribution in [2.75, 3.05) is 23.3 Å². The van der Waals surface area contributed by atoms with E-state index in [-0.39, 0.29) is 23.6 Å². The zero-order valence-corrected chi connectivity index (χ0v) is 15.6. The quantitative estimate of drug-likeness (QED) is 0.722. The number of sulfonamides is 2. The van der Waals surface area contributed by atoms with Crippen LogP contribution in [0, 0.1) is 0 Å². The standard InChI is InChI=1S/C14H19NO7S2/c1-14(2)13-12(21-13)8-6-11(20-3)9(7-10(8)22-14)15(23(4,16)17)24(5,18)19/h6-7,12-13H,1-5H3/t12-,13+/m1/s1. The number of epoxide rings is 1. The highest BCUT2D eigenvalue weighted by Crippen LogP contribution is 2.56. The molecule has 2 aliphatic rings. The topological polar surface area (TPSA) is 103 Å². The molecule has 2 heterocycles. The first-order chi connectivity index (χ1) is 10.9. The summed E-state index contributed by atoms with van der Waals surface area (Å²) in [6, 6.07) is 2.93. The van der Waals surface area contributed by atoms with E-state index in [1.165, 1.54) is 13.2 Å². The number of fused-ring (bicyclic) bond motifs is 3. The molecule has 0 aromatic heterocycles. The van der Waals surface area contributed by atoms with E-state index < -0.39 is 25.6 Å². The molecule has 0 aliphatic carbocycles. The SMILES string of the molecule is COc1cc2c(cc1N(S(C)(=O)=O)S(C)(=O)=O)OC(C)(C)[C@H]1O[C@H]21. The van der Waals surface area contributed by atoms with Crippen LogP contribution in [0.1, 0.15) is 25.5 Å². The number of benzene rings is 1. The maximum absolute atomic E-state index is 12.0. The molecule has 24 heavy (non-hydrogen) atoms. The van der Waals surface area contributed by atoms with Gasteiger partial charge >= 0.3 is 0 Å². The van der Waals surface area contributed by atoms with Gasteiger partial charge in [-0.2, -0.15) is 3.71 Å². The van der Waals surface area contributed by atoms with E-state index in [0.29, 0.717) is 15.0 Å². The van der Waals surface area contributed by atoms with E-state index in [2.05, 4.69) is 0 Å². The second kappa shape index (κ2) is 4.99. The third-order valence-electron chi connectivity index (χ3n) is 3.97. The average Bonchev–Trinajstić information content (AvgIpc) is 3.15. The van der Waals surface area contributed by atoms with Crippen molar-refractivity contribution in [3.63, 3.8) is 0 Å². The minimum absolute atomic E-state index is 0.0959. The lowest BCUT2D eigenvalue weighted by Gasteiger charge is -2.31. The molecule has 1 aromatic rings. The molecular formula is C14H19NO7S2. The Labute approximate surface area is 141 Å². The van der Waals surface area contributed by atoms with E-state index in [0.717, 1.165) is 12.5 Å². The summed E-state index contributed by atoms with van der Waals surface area (Å²) in [5.74, 6) is 0.494. The fourth-order valence-electron chi connectivity index (χ4n) is 3.00. The number of hydrogen-bond acceptors (Lipinski definition) is 7. The summed E-state index contributed by atoms with van der Waals surface area (Å²) in [6.45, 7) is 3.71. The van der Waals surface area contributed by atoms with Crippen LogP contribution in [0.25, 0.3) is 0 Å². The van der Waals surface area contributed by atoms with Crippen molar-refractivity contribution in [3.8, 4) is 11.5 Å². The maximum Gasteiger partial charge on any atom is 0.245 e. The predicted molar refractivity (Wildman–Crippen MR) is 87.5 cm³/mol. The van der Waals surface area contributed by atoms with Crippen molar-refractivity contribution in [2.24, 2.45) is 0 Å². The number of anilines is 1. The van der Waals surface area contributed by atoms with E-state index >= 15 is 0 Å². The largest absolute Gasteiger partial charge is 0.494 e. The van der Waals surface area contributed by atoms with Crippen LogP contribution >= 0.6 is 0 Å². The average molecular weight is 377 g/mol. The first kappa shape index (κ1) is 17.3. The van der Waals surface area contributed by atoms with Gasteiger partial charge in [0.15, 0.2) is 0 Å². The van der Waals surface area contributed by atoms with Crippen LogP contribution in [0.15, 0.2) is 12.1 Å². The van der Waals surface area contributed by atoms with Gasteiger partial charge in [-0.1, -0.05) is 0 Å². The summed E-state index contributed by atoms with van der Waals surface area (Å²) in [7, 11) is -6.84. The first-order valence-corrected chi connectivity index (χ1v) is 10.8. The van der Waals surface area contributed by atoms with Crippen molar-refractivity contribution in [3.05, 3.63) is 17.7 Å². The Balaban J connectivity index is 2.23. The molecule has 1 aromatic carbocycles. The summed E-state index contributed by atoms with van der Waals surface area (Å²) in [5, 5.41) is 0. The highest BCUT2D eigenvalue weighted by Gasteiger charge is 2.57. The molecule has 0 N–H and O–H groups in total. The molecule has 3 rings (SSSR count). The highest BCUT2D eigenvalue weighted by molar-refractivity contribution is 8.09. The van der Waals surface area contributed by atoms with Crippen LogP contribution in [0.2, 0.25) is 0 Å². The number of methoxy groups -OCH3 is 1. The third-order valence-corrected chi connectivity index (χ3v) is 7.19. The molecule has 2 atom stereocenters. The molecule has 0 spiro atoms. The normalized spacial score (nSPS) is 24.4. The fraction of sp³-hybridized carbons (Fsp3) is 0.571. The van der Waals surface area contributed by atoms with Crippen LogP contribution in [0.4, 0.5) is 5.69 Å². The Kier molecular flexibility index (Phi) is 3.60. The van der Waals surface area contributed by atoms with Crippen LogP contribution in [0.5, 0.6) is 11.5 Å². The van der Waals surface area contributed by atoms with Crippen LogP contribution in [-0.2, 0) is 24.8 Å². The van der Waals surface area contributed by atoms with Crippen LogP contribution in [-0.4, -0.2) is 48.2 Å². The minimum Gasteiger partial charge on any atom is -0.494 e. The number of hydrogen-bond donors (Lipinski definition) is 0. The van der Waals surface area contributed by atoms with Crippen molar-refractivity contribution >= 4 is 25.7 Å². The molecule has 0 radical (unpaired) electrons. The van der Waals surface area contributed by atoms with Gasteiger partial charge in [0.2, 0.25) is 20.0 Å². The van der Waals surface area contributed by atoms with Gasteiger partial charge in [0.1, 0.15) is 35.0 Å². The van der Waals surface area contributed by atoms with Gasteiger partial charge in [-0.25, -0.2) is 16.8 Å². The summed E-state index contributed by atoms with van der Waals surface area (Å²) < 4.78 is 65.2. The second-order valence-corrected chi connectivity index (χ2v) is 10.4. The lowest BCUT2D eigenvalue weighted by Crippen LogP contribution is -2.38. The summed E-state index contributed by atoms with van der Waals surface area (Å²) in [5.41, 5.74) is 0.00267. The van der Waals surface area contributed by atoms with E-state index in [1.54, 1.807) is 6.07 Å². The highest BCUT2D eigenvalue weighted by atomic mass is 32.3. The monoisotopic (exact) mass is 377 g/mol. The van der Waals surface area contributed by atoms with Gasteiger partial charge in [-0.3, -0.25) is 0 Å². The van der Waals surface area contributed by atoms with Crippen molar-refractivity contribution in [2.45, 2.75) is 31.7 Å². The predicted octanol–water partition coefficient (Wildman–Crippen LogP) is 1.03. The summed E-state index contributed by atoms with van der Waals surface area (Å²) in [4.78, 5) is 0. The lowest BCUT2D eigenvalue weighted by atomic mass is 9.94. The zero-order chi connectivity index (χ0) is 18.1. The van der Waals surface area contributed by atoms with Crippen molar-refractivity contribution in [1.29, 1.82) is 0 Å². The smallest absolute Gasteiger partial charge is 0.245 e. The Morgan fingerprint density at radius 1 is 1.12 bits per heavy atom. The Morgan fingerprint density at radius 3 is 2.21 bits per heavy atom. The molecule has 0 saturated carbocycles. The summed E-state index contributed by atoms with van der Waals surface area (Å²) in [6.07, 6.45) is 1.37. The Hall–Kier alpha value is -1.52. The molecule has 1 fully saturated rings. The molecule has 10 heteroatoms. The molecule has 8 nitrogen and oxygen atoms in total. The molecule has 0 unspecified atom stereocenters. The fourth-order valence-corrected chi connectivity index (χ4v) is 5.97. The van der Waals surface area contributed by atoms with Crippen LogP contribution in [0.3, 0.4) is 0 Å². The molecule has 0 bridgehead atoms. The lowest BCUT2D eigenvalue weighted by molar-refractivity contribution is 0.0725. The van der Waals surface area contributed by atoms with Gasteiger partial charge in [0.05, 0.1) is 19.6 Å². The second-order valence-electron chi connectivity index (χ2n) is 6.47.